The molecule has 0 bridgehead atoms. The van der Waals surface area contributed by atoms with Crippen molar-refractivity contribution in [2.75, 3.05) is 0 Å². The first kappa shape index (κ1) is 13.2. The predicted octanol–water partition coefficient (Wildman–Crippen LogP) is 3.01. The summed E-state index contributed by atoms with van der Waals surface area (Å²) < 4.78 is 5.19. The van der Waals surface area contributed by atoms with Gasteiger partial charge < -0.3 is 4.42 Å². The van der Waals surface area contributed by atoms with Gasteiger partial charge in [0, 0.05) is 0 Å². The number of hydrogen-bond donors (Lipinski definition) is 1. The summed E-state index contributed by atoms with van der Waals surface area (Å²) in [7, 11) is 0. The predicted molar refractivity (Wildman–Crippen MR) is 87.1 cm³/mol. The second-order valence-corrected chi connectivity index (χ2v) is 6.32. The highest BCUT2D eigenvalue weighted by molar-refractivity contribution is 8.27. The molecule has 6 nitrogen and oxygen atoms in total. The molecule has 0 spiro atoms. The number of thiophene rings is 1. The average molecular weight is 328 g/mol. The van der Waals surface area contributed by atoms with Gasteiger partial charge in [0.2, 0.25) is 5.17 Å². The molecule has 4 heterocycles. The highest BCUT2D eigenvalue weighted by Crippen LogP contribution is 2.32. The lowest BCUT2D eigenvalue weighted by Crippen LogP contribution is -2.35. The number of nitrogens with one attached hydrogen (secondary N) is 1. The third-order valence-electron chi connectivity index (χ3n) is 3.02. The molecule has 22 heavy (non-hydrogen) atoms. The molecule has 0 unspecified atom stereocenters. The second kappa shape index (κ2) is 5.08. The van der Waals surface area contributed by atoms with Gasteiger partial charge in [0.1, 0.15) is 10.8 Å². The molecule has 2 aromatic heterocycles. The van der Waals surface area contributed by atoms with E-state index in [-0.39, 0.29) is 11.4 Å². The van der Waals surface area contributed by atoms with Gasteiger partial charge in [-0.3, -0.25) is 10.2 Å². The van der Waals surface area contributed by atoms with Crippen LogP contribution in [0.5, 0.6) is 0 Å². The van der Waals surface area contributed by atoms with E-state index in [1.807, 2.05) is 17.5 Å². The van der Waals surface area contributed by atoms with Gasteiger partial charge in [-0.2, -0.15) is 15.1 Å². The van der Waals surface area contributed by atoms with E-state index in [0.717, 1.165) is 9.92 Å². The Bertz CT molecular complexity index is 848. The lowest BCUT2D eigenvalue weighted by molar-refractivity contribution is -0.114. The van der Waals surface area contributed by atoms with Gasteiger partial charge in [-0.05, 0) is 41.4 Å². The van der Waals surface area contributed by atoms with E-state index in [1.54, 1.807) is 23.5 Å². The first-order chi connectivity index (χ1) is 10.7. The Kier molecular flexibility index (Phi) is 3.05. The Morgan fingerprint density at radius 3 is 2.95 bits per heavy atom. The van der Waals surface area contributed by atoms with E-state index in [4.69, 9.17) is 9.83 Å². The number of amidine groups is 2. The molecular weight excluding hydrogens is 320 g/mol. The van der Waals surface area contributed by atoms with Crippen molar-refractivity contribution < 1.29 is 9.21 Å². The molecule has 0 saturated carbocycles. The van der Waals surface area contributed by atoms with Crippen LogP contribution in [0.1, 0.15) is 10.6 Å². The zero-order valence-corrected chi connectivity index (χ0v) is 12.6. The van der Waals surface area contributed by atoms with Crippen LogP contribution in [0.4, 0.5) is 0 Å². The van der Waals surface area contributed by atoms with Crippen LogP contribution in [0.15, 0.2) is 56.0 Å². The number of aliphatic imine (C=N–C) groups is 1. The molecule has 108 valence electrons. The van der Waals surface area contributed by atoms with E-state index in [2.05, 4.69) is 10.1 Å². The summed E-state index contributed by atoms with van der Waals surface area (Å²) in [5.41, 5.74) is 0.162. The minimum Gasteiger partial charge on any atom is -0.465 e. The van der Waals surface area contributed by atoms with E-state index in [0.29, 0.717) is 10.9 Å². The van der Waals surface area contributed by atoms with E-state index in [1.165, 1.54) is 29.1 Å². The number of rotatable bonds is 2. The Morgan fingerprint density at radius 2 is 2.23 bits per heavy atom. The van der Waals surface area contributed by atoms with Gasteiger partial charge in [0.25, 0.3) is 5.91 Å². The number of hydrogen-bond acceptors (Lipinski definition) is 6. The van der Waals surface area contributed by atoms with Crippen LogP contribution in [-0.2, 0) is 4.79 Å². The van der Waals surface area contributed by atoms with Gasteiger partial charge in [0.05, 0.1) is 16.7 Å². The van der Waals surface area contributed by atoms with E-state index < -0.39 is 5.91 Å². The Morgan fingerprint density at radius 1 is 1.32 bits per heavy atom. The van der Waals surface area contributed by atoms with Crippen LogP contribution in [0.3, 0.4) is 0 Å². The fraction of sp³-hybridized carbons (Fsp3) is 0. The summed E-state index contributed by atoms with van der Waals surface area (Å²) in [5, 5.41) is 17.1. The monoisotopic (exact) mass is 328 g/mol. The molecule has 0 saturated heterocycles. The van der Waals surface area contributed by atoms with Crippen molar-refractivity contribution in [3.63, 3.8) is 0 Å². The number of hydrazone groups is 1. The van der Waals surface area contributed by atoms with Crippen LogP contribution in [0, 0.1) is 5.41 Å². The average Bonchev–Trinajstić information content (AvgIpc) is 3.23. The molecule has 8 heteroatoms. The minimum atomic E-state index is -0.456. The van der Waals surface area contributed by atoms with Gasteiger partial charge in [-0.1, -0.05) is 6.07 Å². The minimum absolute atomic E-state index is 0.00505. The SMILES string of the molecule is N=C1/C(=C/c2ccco2)C(=O)N=C2SC(c3cccs3)=NN12. The van der Waals surface area contributed by atoms with Crippen molar-refractivity contribution in [2.45, 2.75) is 0 Å². The highest BCUT2D eigenvalue weighted by atomic mass is 32.2. The van der Waals surface area contributed by atoms with Crippen LogP contribution >= 0.6 is 23.1 Å². The molecule has 0 aromatic carbocycles. The fourth-order valence-corrected chi connectivity index (χ4v) is 3.69. The molecule has 1 N–H and O–H groups in total. The smallest absolute Gasteiger partial charge is 0.283 e. The molecule has 0 aliphatic carbocycles. The fourth-order valence-electron chi connectivity index (χ4n) is 2.01. The number of carbonyl (C=O) groups excluding carboxylic acids is 1. The maximum absolute atomic E-state index is 12.1. The summed E-state index contributed by atoms with van der Waals surface area (Å²) >= 11 is 2.85. The maximum Gasteiger partial charge on any atom is 0.283 e. The third-order valence-corrected chi connectivity index (χ3v) is 4.96. The summed E-state index contributed by atoms with van der Waals surface area (Å²) in [4.78, 5) is 17.1. The second-order valence-electron chi connectivity index (χ2n) is 4.42. The normalized spacial score (nSPS) is 19.5. The summed E-state index contributed by atoms with van der Waals surface area (Å²) in [5.74, 6) is 0.0503. The standard InChI is InChI=1S/C14H8N4O2S2/c15-11-9(7-8-3-1-5-20-8)12(19)16-14-18(11)17-13(22-14)10-4-2-6-21-10/h1-7,15H/b9-7-,15-11?. The first-order valence-electron chi connectivity index (χ1n) is 6.30. The molecule has 0 fully saturated rings. The van der Waals surface area contributed by atoms with Crippen molar-refractivity contribution in [1.82, 2.24) is 5.01 Å². The zero-order chi connectivity index (χ0) is 15.1. The Labute approximate surface area is 133 Å². The van der Waals surface area contributed by atoms with Crippen molar-refractivity contribution in [2.24, 2.45) is 10.1 Å². The molecule has 2 aromatic rings. The number of amides is 1. The quantitative estimate of drug-likeness (QED) is 0.859. The first-order valence-corrected chi connectivity index (χ1v) is 7.99. The third kappa shape index (κ3) is 2.13. The zero-order valence-electron chi connectivity index (χ0n) is 11.0. The van der Waals surface area contributed by atoms with Crippen molar-refractivity contribution >= 4 is 51.1 Å². The summed E-state index contributed by atoms with van der Waals surface area (Å²) in [6.45, 7) is 0. The van der Waals surface area contributed by atoms with Crippen LogP contribution in [-0.4, -0.2) is 27.0 Å². The van der Waals surface area contributed by atoms with Crippen molar-refractivity contribution in [3.8, 4) is 0 Å². The van der Waals surface area contributed by atoms with E-state index in [9.17, 15) is 4.79 Å². The number of thioether (sulfide) groups is 1. The van der Waals surface area contributed by atoms with Crippen LogP contribution in [0.2, 0.25) is 0 Å². The highest BCUT2D eigenvalue weighted by Gasteiger charge is 2.36. The molecule has 0 atom stereocenters. The number of carbonyl (C=O) groups is 1. The Hall–Kier alpha value is -2.45. The van der Waals surface area contributed by atoms with Crippen molar-refractivity contribution in [3.05, 3.63) is 52.1 Å². The lowest BCUT2D eigenvalue weighted by atomic mass is 10.1. The number of furan rings is 1. The number of nitrogens with zero attached hydrogens (tertiary/aromatic N) is 3. The maximum atomic E-state index is 12.1. The van der Waals surface area contributed by atoms with Gasteiger partial charge >= 0.3 is 0 Å². The lowest BCUT2D eigenvalue weighted by Gasteiger charge is -2.19. The molecule has 2 aliphatic heterocycles. The van der Waals surface area contributed by atoms with Gasteiger partial charge in [-0.25, -0.2) is 0 Å². The van der Waals surface area contributed by atoms with Crippen LogP contribution in [0.25, 0.3) is 6.08 Å². The van der Waals surface area contributed by atoms with Gasteiger partial charge in [-0.15, -0.1) is 11.3 Å². The Balaban J connectivity index is 1.72. The largest absolute Gasteiger partial charge is 0.465 e. The molecule has 2 aliphatic rings. The van der Waals surface area contributed by atoms with Crippen LogP contribution < -0.4 is 0 Å². The van der Waals surface area contributed by atoms with E-state index >= 15 is 0 Å². The number of fused-ring (bicyclic) bond motifs is 1. The molecular formula is C14H8N4O2S2. The molecule has 1 amide bonds. The summed E-state index contributed by atoms with van der Waals surface area (Å²) in [6.07, 6.45) is 3.02. The van der Waals surface area contributed by atoms with Crippen molar-refractivity contribution in [1.29, 1.82) is 5.41 Å². The topological polar surface area (TPSA) is 82.0 Å². The molecule has 0 radical (unpaired) electrons. The molecule has 4 rings (SSSR count). The summed E-state index contributed by atoms with van der Waals surface area (Å²) in [6, 6.07) is 7.31. The van der Waals surface area contributed by atoms with Gasteiger partial charge in [0.15, 0.2) is 5.84 Å².